The molecule has 0 bridgehead atoms. The van der Waals surface area contributed by atoms with Crippen LogP contribution < -0.4 is 5.32 Å². The second-order valence-electron chi connectivity index (χ2n) is 7.68. The van der Waals surface area contributed by atoms with E-state index in [1.807, 2.05) is 44.0 Å². The van der Waals surface area contributed by atoms with Crippen LogP contribution in [0, 0.1) is 11.3 Å². The van der Waals surface area contributed by atoms with Gasteiger partial charge < -0.3 is 10.2 Å². The third-order valence-electron chi connectivity index (χ3n) is 4.58. The molecule has 0 radical (unpaired) electrons. The first kappa shape index (κ1) is 18.1. The van der Waals surface area contributed by atoms with E-state index in [1.165, 1.54) is 0 Å². The number of carbonyl (C=O) groups excluding carboxylic acids is 2. The lowest BCUT2D eigenvalue weighted by Gasteiger charge is -2.35. The fourth-order valence-electron chi connectivity index (χ4n) is 3.07. The smallest absolute Gasteiger partial charge is 0.227 e. The van der Waals surface area contributed by atoms with Crippen molar-refractivity contribution < 1.29 is 9.59 Å². The molecule has 0 unspecified atom stereocenters. The Hall–Kier alpha value is -2.70. The predicted molar refractivity (Wildman–Crippen MR) is 98.7 cm³/mol. The van der Waals surface area contributed by atoms with Crippen LogP contribution in [0.25, 0.3) is 5.82 Å². The Bertz CT molecular complexity index is 754. The van der Waals surface area contributed by atoms with Crippen LogP contribution in [-0.2, 0) is 9.59 Å². The molecule has 1 saturated heterocycles. The van der Waals surface area contributed by atoms with Crippen LogP contribution >= 0.6 is 0 Å². The zero-order valence-corrected chi connectivity index (χ0v) is 15.5. The highest BCUT2D eigenvalue weighted by molar-refractivity contribution is 5.92. The van der Waals surface area contributed by atoms with Crippen molar-refractivity contribution in [3.05, 3.63) is 37.1 Å². The van der Waals surface area contributed by atoms with Crippen LogP contribution in [0.1, 0.15) is 33.6 Å². The monoisotopic (exact) mass is 355 g/mol. The van der Waals surface area contributed by atoms with Crippen molar-refractivity contribution in [2.24, 2.45) is 11.3 Å². The molecular weight excluding hydrogens is 330 g/mol. The second kappa shape index (κ2) is 7.27. The van der Waals surface area contributed by atoms with E-state index in [0.717, 1.165) is 5.82 Å². The Morgan fingerprint density at radius 1 is 1.19 bits per heavy atom. The van der Waals surface area contributed by atoms with E-state index >= 15 is 0 Å². The minimum absolute atomic E-state index is 0.00922. The molecule has 0 aliphatic carbocycles. The standard InChI is InChI=1S/C19H25N5O2/c1-19(2,3)18(26)23-9-6-14(7-10-23)17(25)22-15-4-5-16(21-12-15)24-11-8-20-13-24/h4-5,8,11-14H,6-7,9-10H2,1-3H3,(H,22,25). The summed E-state index contributed by atoms with van der Waals surface area (Å²) in [4.78, 5) is 35.0. The van der Waals surface area contributed by atoms with Gasteiger partial charge >= 0.3 is 0 Å². The van der Waals surface area contributed by atoms with Crippen molar-refractivity contribution in [1.29, 1.82) is 0 Å². The predicted octanol–water partition coefficient (Wildman–Crippen LogP) is 2.49. The van der Waals surface area contributed by atoms with Crippen LogP contribution in [0.2, 0.25) is 0 Å². The molecule has 0 aromatic carbocycles. The number of carbonyl (C=O) groups is 2. The second-order valence-corrected chi connectivity index (χ2v) is 7.68. The number of imidazole rings is 1. The first-order chi connectivity index (χ1) is 12.3. The van der Waals surface area contributed by atoms with Gasteiger partial charge in [-0.05, 0) is 25.0 Å². The summed E-state index contributed by atoms with van der Waals surface area (Å²) in [7, 11) is 0. The van der Waals surface area contributed by atoms with Crippen molar-refractivity contribution in [2.75, 3.05) is 18.4 Å². The average Bonchev–Trinajstić information content (AvgIpc) is 3.16. The number of likely N-dealkylation sites (tertiary alicyclic amines) is 1. The lowest BCUT2D eigenvalue weighted by Crippen LogP contribution is -2.45. The highest BCUT2D eigenvalue weighted by Gasteiger charge is 2.32. The Morgan fingerprint density at radius 2 is 1.92 bits per heavy atom. The van der Waals surface area contributed by atoms with Crippen LogP contribution in [0.5, 0.6) is 0 Å². The molecule has 3 heterocycles. The van der Waals surface area contributed by atoms with Gasteiger partial charge in [-0.1, -0.05) is 20.8 Å². The zero-order chi connectivity index (χ0) is 18.7. The van der Waals surface area contributed by atoms with E-state index in [2.05, 4.69) is 15.3 Å². The van der Waals surface area contributed by atoms with Gasteiger partial charge in [-0.3, -0.25) is 14.2 Å². The highest BCUT2D eigenvalue weighted by Crippen LogP contribution is 2.24. The average molecular weight is 355 g/mol. The highest BCUT2D eigenvalue weighted by atomic mass is 16.2. The van der Waals surface area contributed by atoms with Gasteiger partial charge in [0.25, 0.3) is 0 Å². The summed E-state index contributed by atoms with van der Waals surface area (Å²) >= 11 is 0. The third kappa shape index (κ3) is 4.09. The lowest BCUT2D eigenvalue weighted by atomic mass is 9.90. The van der Waals surface area contributed by atoms with Crippen LogP contribution in [-0.4, -0.2) is 44.3 Å². The number of hydrogen-bond donors (Lipinski definition) is 1. The topological polar surface area (TPSA) is 80.1 Å². The molecule has 1 N–H and O–H groups in total. The molecule has 138 valence electrons. The van der Waals surface area contributed by atoms with E-state index in [1.54, 1.807) is 23.3 Å². The van der Waals surface area contributed by atoms with E-state index in [0.29, 0.717) is 31.6 Å². The van der Waals surface area contributed by atoms with Gasteiger partial charge in [0, 0.05) is 36.8 Å². The number of aromatic nitrogens is 3. The van der Waals surface area contributed by atoms with Crippen LogP contribution in [0.3, 0.4) is 0 Å². The normalized spacial score (nSPS) is 15.7. The van der Waals surface area contributed by atoms with E-state index in [4.69, 9.17) is 0 Å². The fourth-order valence-corrected chi connectivity index (χ4v) is 3.07. The maximum atomic E-state index is 12.5. The maximum Gasteiger partial charge on any atom is 0.227 e. The molecule has 7 nitrogen and oxygen atoms in total. The van der Waals surface area contributed by atoms with Gasteiger partial charge in [0.1, 0.15) is 12.1 Å². The summed E-state index contributed by atoms with van der Waals surface area (Å²) in [5, 5.41) is 2.93. The molecule has 2 aromatic rings. The maximum absolute atomic E-state index is 12.5. The fraction of sp³-hybridized carbons (Fsp3) is 0.474. The number of hydrogen-bond acceptors (Lipinski definition) is 4. The molecule has 0 atom stereocenters. The van der Waals surface area contributed by atoms with E-state index in [9.17, 15) is 9.59 Å². The van der Waals surface area contributed by atoms with Crippen molar-refractivity contribution in [2.45, 2.75) is 33.6 Å². The number of pyridine rings is 1. The van der Waals surface area contributed by atoms with Gasteiger partial charge in [0.2, 0.25) is 11.8 Å². The van der Waals surface area contributed by atoms with Crippen LogP contribution in [0.4, 0.5) is 5.69 Å². The lowest BCUT2D eigenvalue weighted by molar-refractivity contribution is -0.142. The first-order valence-electron chi connectivity index (χ1n) is 8.89. The van der Waals surface area contributed by atoms with Crippen molar-refractivity contribution in [3.8, 4) is 5.82 Å². The molecule has 1 aliphatic heterocycles. The minimum atomic E-state index is -0.377. The number of piperidine rings is 1. The van der Waals surface area contributed by atoms with Gasteiger partial charge in [-0.2, -0.15) is 0 Å². The number of nitrogens with one attached hydrogen (secondary N) is 1. The molecule has 1 aliphatic rings. The SMILES string of the molecule is CC(C)(C)C(=O)N1CCC(C(=O)Nc2ccc(-n3ccnc3)nc2)CC1. The van der Waals surface area contributed by atoms with Gasteiger partial charge in [0.15, 0.2) is 0 Å². The van der Waals surface area contributed by atoms with E-state index in [-0.39, 0.29) is 23.1 Å². The largest absolute Gasteiger partial charge is 0.342 e. The Labute approximate surface area is 153 Å². The summed E-state index contributed by atoms with van der Waals surface area (Å²) < 4.78 is 1.80. The van der Waals surface area contributed by atoms with E-state index < -0.39 is 0 Å². The molecule has 0 saturated carbocycles. The summed E-state index contributed by atoms with van der Waals surface area (Å²) in [5.74, 6) is 0.808. The molecule has 2 amide bonds. The van der Waals surface area contributed by atoms with Crippen molar-refractivity contribution >= 4 is 17.5 Å². The summed E-state index contributed by atoms with van der Waals surface area (Å²) in [6.07, 6.45) is 8.20. The molecule has 3 rings (SSSR count). The zero-order valence-electron chi connectivity index (χ0n) is 15.5. The number of anilines is 1. The Balaban J connectivity index is 1.54. The molecule has 0 spiro atoms. The van der Waals surface area contributed by atoms with Gasteiger partial charge in [-0.15, -0.1) is 0 Å². The summed E-state index contributed by atoms with van der Waals surface area (Å²) in [6, 6.07) is 3.67. The first-order valence-corrected chi connectivity index (χ1v) is 8.89. The van der Waals surface area contributed by atoms with Crippen molar-refractivity contribution in [1.82, 2.24) is 19.4 Å². The molecule has 1 fully saturated rings. The molecule has 7 heteroatoms. The number of rotatable bonds is 3. The Morgan fingerprint density at radius 3 is 2.46 bits per heavy atom. The number of nitrogens with zero attached hydrogens (tertiary/aromatic N) is 4. The Kier molecular flexibility index (Phi) is 5.06. The van der Waals surface area contributed by atoms with Crippen LogP contribution in [0.15, 0.2) is 37.1 Å². The van der Waals surface area contributed by atoms with Gasteiger partial charge in [0.05, 0.1) is 11.9 Å². The third-order valence-corrected chi connectivity index (χ3v) is 4.58. The molecule has 2 aromatic heterocycles. The minimum Gasteiger partial charge on any atom is -0.342 e. The van der Waals surface area contributed by atoms with Gasteiger partial charge in [-0.25, -0.2) is 9.97 Å². The molecular formula is C19H25N5O2. The number of amides is 2. The summed E-state index contributed by atoms with van der Waals surface area (Å²) in [5.41, 5.74) is 0.296. The molecule has 26 heavy (non-hydrogen) atoms. The van der Waals surface area contributed by atoms with Crippen molar-refractivity contribution in [3.63, 3.8) is 0 Å². The summed E-state index contributed by atoms with van der Waals surface area (Å²) in [6.45, 7) is 7.04. The quantitative estimate of drug-likeness (QED) is 0.917.